The van der Waals surface area contributed by atoms with Crippen molar-refractivity contribution in [1.29, 1.82) is 0 Å². The van der Waals surface area contributed by atoms with Crippen molar-refractivity contribution in [2.75, 3.05) is 17.3 Å². The summed E-state index contributed by atoms with van der Waals surface area (Å²) in [4.78, 5) is 25.5. The summed E-state index contributed by atoms with van der Waals surface area (Å²) in [7, 11) is 1.75. The van der Waals surface area contributed by atoms with Gasteiger partial charge in [-0.2, -0.15) is 0 Å². The number of anilines is 2. The minimum atomic E-state index is -0.174. The zero-order chi connectivity index (χ0) is 16.6. The van der Waals surface area contributed by atoms with Crippen molar-refractivity contribution >= 4 is 46.4 Å². The summed E-state index contributed by atoms with van der Waals surface area (Å²) >= 11 is 11.9. The average molecular weight is 349 g/mol. The van der Waals surface area contributed by atoms with Crippen LogP contribution in [0.1, 0.15) is 11.1 Å². The van der Waals surface area contributed by atoms with Gasteiger partial charge in [-0.25, -0.2) is 0 Å². The molecule has 0 fully saturated rings. The molecule has 2 amide bonds. The number of nitrogens with one attached hydrogen (secondary N) is 1. The van der Waals surface area contributed by atoms with Crippen molar-refractivity contribution in [2.24, 2.45) is 0 Å². The van der Waals surface area contributed by atoms with Crippen LogP contribution in [0, 0.1) is 0 Å². The lowest BCUT2D eigenvalue weighted by atomic mass is 10.1. The molecule has 3 rings (SSSR count). The van der Waals surface area contributed by atoms with Gasteiger partial charge in [0, 0.05) is 17.8 Å². The fraction of sp³-hybridized carbons (Fsp3) is 0.176. The summed E-state index contributed by atoms with van der Waals surface area (Å²) in [5, 5.41) is 3.67. The second kappa shape index (κ2) is 6.22. The third-order valence-electron chi connectivity index (χ3n) is 3.79. The molecule has 1 aliphatic rings. The number of nitrogens with zero attached hydrogens (tertiary/aromatic N) is 1. The van der Waals surface area contributed by atoms with Gasteiger partial charge in [0.2, 0.25) is 11.8 Å². The van der Waals surface area contributed by atoms with E-state index in [1.54, 1.807) is 30.1 Å². The Hall–Kier alpha value is -2.04. The van der Waals surface area contributed by atoms with E-state index in [1.807, 2.05) is 18.2 Å². The minimum Gasteiger partial charge on any atom is -0.324 e. The molecule has 2 aromatic rings. The number of amides is 2. The van der Waals surface area contributed by atoms with E-state index in [-0.39, 0.29) is 18.2 Å². The molecule has 0 radical (unpaired) electrons. The Bertz CT molecular complexity index is 805. The topological polar surface area (TPSA) is 49.4 Å². The first-order chi connectivity index (χ1) is 10.9. The molecule has 1 aliphatic heterocycles. The van der Waals surface area contributed by atoms with Gasteiger partial charge < -0.3 is 10.2 Å². The third-order valence-corrected chi connectivity index (χ3v) is 4.34. The summed E-state index contributed by atoms with van der Waals surface area (Å²) in [6, 6.07) is 10.5. The summed E-state index contributed by atoms with van der Waals surface area (Å²) in [6.07, 6.45) is 0.592. The molecule has 0 unspecified atom stereocenters. The third kappa shape index (κ3) is 3.33. The Morgan fingerprint density at radius 1 is 1.22 bits per heavy atom. The molecule has 0 aliphatic carbocycles. The lowest BCUT2D eigenvalue weighted by Crippen LogP contribution is -2.20. The van der Waals surface area contributed by atoms with Gasteiger partial charge in [-0.3, -0.25) is 9.59 Å². The summed E-state index contributed by atoms with van der Waals surface area (Å²) in [5.74, 6) is -0.110. The first-order valence-electron chi connectivity index (χ1n) is 7.07. The van der Waals surface area contributed by atoms with Crippen molar-refractivity contribution in [3.05, 3.63) is 57.6 Å². The number of rotatable bonds is 3. The van der Waals surface area contributed by atoms with Gasteiger partial charge in [0.15, 0.2) is 0 Å². The predicted molar refractivity (Wildman–Crippen MR) is 92.4 cm³/mol. The van der Waals surface area contributed by atoms with Gasteiger partial charge in [0.05, 0.1) is 23.6 Å². The number of benzene rings is 2. The van der Waals surface area contributed by atoms with Crippen LogP contribution in [0.3, 0.4) is 0 Å². The van der Waals surface area contributed by atoms with Crippen molar-refractivity contribution in [2.45, 2.75) is 12.8 Å². The van der Waals surface area contributed by atoms with Crippen LogP contribution in [0.25, 0.3) is 0 Å². The van der Waals surface area contributed by atoms with Gasteiger partial charge in [-0.15, -0.1) is 0 Å². The number of carbonyl (C=O) groups excluding carboxylic acids is 2. The molecule has 1 N–H and O–H groups in total. The van der Waals surface area contributed by atoms with Crippen molar-refractivity contribution in [1.82, 2.24) is 0 Å². The number of hydrogen-bond acceptors (Lipinski definition) is 2. The Balaban J connectivity index is 1.71. The first-order valence-corrected chi connectivity index (χ1v) is 7.83. The van der Waals surface area contributed by atoms with Crippen molar-refractivity contribution < 1.29 is 9.59 Å². The Morgan fingerprint density at radius 3 is 2.74 bits per heavy atom. The molecule has 6 heteroatoms. The highest BCUT2D eigenvalue weighted by molar-refractivity contribution is 6.36. The number of likely N-dealkylation sites (N-methyl/N-ethyl adjacent to an activating group) is 1. The quantitative estimate of drug-likeness (QED) is 0.919. The van der Waals surface area contributed by atoms with E-state index >= 15 is 0 Å². The fourth-order valence-corrected chi connectivity index (χ4v) is 3.06. The van der Waals surface area contributed by atoms with Gasteiger partial charge in [-0.05, 0) is 35.4 Å². The standard InChI is InChI=1S/C17H14Cl2N2O2/c1-21-15-5-2-10(6-11(15)8-17(21)23)7-16(22)20-14-4-3-12(18)9-13(14)19/h2-6,9H,7-8H2,1H3,(H,20,22). The average Bonchev–Trinajstić information content (AvgIpc) is 2.77. The highest BCUT2D eigenvalue weighted by atomic mass is 35.5. The van der Waals surface area contributed by atoms with Crippen LogP contribution in [-0.4, -0.2) is 18.9 Å². The lowest BCUT2D eigenvalue weighted by Gasteiger charge is -2.11. The van der Waals surface area contributed by atoms with E-state index < -0.39 is 0 Å². The van der Waals surface area contributed by atoms with Gasteiger partial charge in [0.1, 0.15) is 0 Å². The molecule has 0 bridgehead atoms. The maximum Gasteiger partial charge on any atom is 0.231 e. The van der Waals surface area contributed by atoms with Crippen molar-refractivity contribution in [3.63, 3.8) is 0 Å². The van der Waals surface area contributed by atoms with Crippen LogP contribution >= 0.6 is 23.2 Å². The number of halogens is 2. The van der Waals surface area contributed by atoms with Crippen LogP contribution in [0.2, 0.25) is 10.0 Å². The van der Waals surface area contributed by atoms with Crippen LogP contribution < -0.4 is 10.2 Å². The van der Waals surface area contributed by atoms with Crippen LogP contribution in [0.4, 0.5) is 11.4 Å². The van der Waals surface area contributed by atoms with Gasteiger partial charge in [0.25, 0.3) is 0 Å². The molecule has 0 saturated heterocycles. The van der Waals surface area contributed by atoms with Crippen molar-refractivity contribution in [3.8, 4) is 0 Å². The van der Waals surface area contributed by atoms with Crippen LogP contribution in [0.15, 0.2) is 36.4 Å². The second-order valence-electron chi connectivity index (χ2n) is 5.44. The molecule has 23 heavy (non-hydrogen) atoms. The molecule has 0 saturated carbocycles. The molecule has 0 aromatic heterocycles. The second-order valence-corrected chi connectivity index (χ2v) is 6.29. The zero-order valence-corrected chi connectivity index (χ0v) is 13.9. The Kier molecular flexibility index (Phi) is 4.28. The van der Waals surface area contributed by atoms with Gasteiger partial charge in [-0.1, -0.05) is 35.3 Å². The lowest BCUT2D eigenvalue weighted by molar-refractivity contribution is -0.117. The predicted octanol–water partition coefficient (Wildman–Crippen LogP) is 3.69. The van der Waals surface area contributed by atoms with Gasteiger partial charge >= 0.3 is 0 Å². The van der Waals surface area contributed by atoms with E-state index in [0.29, 0.717) is 22.2 Å². The summed E-state index contributed by atoms with van der Waals surface area (Å²) in [5.41, 5.74) is 3.24. The van der Waals surface area contributed by atoms with E-state index in [1.165, 1.54) is 0 Å². The van der Waals surface area contributed by atoms with E-state index in [0.717, 1.165) is 16.8 Å². The number of carbonyl (C=O) groups is 2. The smallest absolute Gasteiger partial charge is 0.231 e. The molecular formula is C17H14Cl2N2O2. The number of fused-ring (bicyclic) bond motifs is 1. The first kappa shape index (κ1) is 15.8. The molecule has 2 aromatic carbocycles. The van der Waals surface area contributed by atoms with Crippen LogP contribution in [-0.2, 0) is 22.4 Å². The molecule has 0 atom stereocenters. The van der Waals surface area contributed by atoms with E-state index in [2.05, 4.69) is 5.32 Å². The molecule has 118 valence electrons. The molecular weight excluding hydrogens is 335 g/mol. The Morgan fingerprint density at radius 2 is 2.00 bits per heavy atom. The van der Waals surface area contributed by atoms with E-state index in [9.17, 15) is 9.59 Å². The number of hydrogen-bond donors (Lipinski definition) is 1. The highest BCUT2D eigenvalue weighted by Crippen LogP contribution is 2.29. The summed E-state index contributed by atoms with van der Waals surface area (Å²) in [6.45, 7) is 0. The SMILES string of the molecule is CN1C(=O)Cc2cc(CC(=O)Nc3ccc(Cl)cc3Cl)ccc21. The maximum atomic E-state index is 12.2. The minimum absolute atomic E-state index is 0.0644. The normalized spacial score (nSPS) is 13.2. The molecule has 4 nitrogen and oxygen atoms in total. The van der Waals surface area contributed by atoms with Crippen LogP contribution in [0.5, 0.6) is 0 Å². The molecule has 1 heterocycles. The summed E-state index contributed by atoms with van der Waals surface area (Å²) < 4.78 is 0. The fourth-order valence-electron chi connectivity index (χ4n) is 2.60. The molecule has 0 spiro atoms. The Labute approximate surface area is 144 Å². The largest absolute Gasteiger partial charge is 0.324 e. The maximum absolute atomic E-state index is 12.2. The van der Waals surface area contributed by atoms with E-state index in [4.69, 9.17) is 23.2 Å². The zero-order valence-electron chi connectivity index (χ0n) is 12.4. The highest BCUT2D eigenvalue weighted by Gasteiger charge is 2.24. The monoisotopic (exact) mass is 348 g/mol.